The molecule has 23 heavy (non-hydrogen) atoms. The standard InChI is InChI=1S/C16H11Cl2FN2O2/c1-9(22-14-5-3-2-4-13(14)19)15-20-21-16(23-15)11-7-6-10(17)8-12(11)18/h2-9H,1H3/t9-/m0/s1. The predicted molar refractivity (Wildman–Crippen MR) is 85.2 cm³/mol. The molecular formula is C16H11Cl2FN2O2. The number of hydrogen-bond donors (Lipinski definition) is 0. The summed E-state index contributed by atoms with van der Waals surface area (Å²) in [5, 5.41) is 8.78. The Morgan fingerprint density at radius 2 is 1.91 bits per heavy atom. The monoisotopic (exact) mass is 352 g/mol. The molecule has 2 aromatic carbocycles. The van der Waals surface area contributed by atoms with Crippen LogP contribution >= 0.6 is 23.2 Å². The summed E-state index contributed by atoms with van der Waals surface area (Å²) in [6.45, 7) is 1.69. The minimum Gasteiger partial charge on any atom is -0.478 e. The van der Waals surface area contributed by atoms with Crippen LogP contribution in [0.2, 0.25) is 10.0 Å². The van der Waals surface area contributed by atoms with E-state index in [1.165, 1.54) is 12.1 Å². The van der Waals surface area contributed by atoms with E-state index in [0.29, 0.717) is 15.6 Å². The van der Waals surface area contributed by atoms with Gasteiger partial charge in [0.2, 0.25) is 5.89 Å². The Labute approximate surface area is 141 Å². The maximum Gasteiger partial charge on any atom is 0.257 e. The maximum atomic E-state index is 13.6. The van der Waals surface area contributed by atoms with Crippen LogP contribution in [0.5, 0.6) is 5.75 Å². The Kier molecular flexibility index (Phi) is 4.50. The molecule has 7 heteroatoms. The van der Waals surface area contributed by atoms with Gasteiger partial charge in [-0.25, -0.2) is 4.39 Å². The molecule has 0 unspecified atom stereocenters. The lowest BCUT2D eigenvalue weighted by Crippen LogP contribution is -2.04. The zero-order valence-corrected chi connectivity index (χ0v) is 13.5. The number of rotatable bonds is 4. The fourth-order valence-corrected chi connectivity index (χ4v) is 2.44. The van der Waals surface area contributed by atoms with Gasteiger partial charge in [-0.1, -0.05) is 35.3 Å². The lowest BCUT2D eigenvalue weighted by atomic mass is 10.2. The average Bonchev–Trinajstić information content (AvgIpc) is 2.99. The Morgan fingerprint density at radius 3 is 2.65 bits per heavy atom. The summed E-state index contributed by atoms with van der Waals surface area (Å²) in [7, 11) is 0. The average molecular weight is 353 g/mol. The van der Waals surface area contributed by atoms with Gasteiger partial charge in [0.25, 0.3) is 5.89 Å². The van der Waals surface area contributed by atoms with Gasteiger partial charge in [0.05, 0.1) is 10.6 Å². The molecule has 0 radical (unpaired) electrons. The van der Waals surface area contributed by atoms with E-state index in [0.717, 1.165) is 0 Å². The quantitative estimate of drug-likeness (QED) is 0.637. The van der Waals surface area contributed by atoms with Crippen molar-refractivity contribution in [1.82, 2.24) is 10.2 Å². The van der Waals surface area contributed by atoms with E-state index >= 15 is 0 Å². The molecule has 1 atom stereocenters. The van der Waals surface area contributed by atoms with E-state index in [1.807, 2.05) is 0 Å². The molecule has 0 aliphatic heterocycles. The van der Waals surface area contributed by atoms with E-state index in [1.54, 1.807) is 37.3 Å². The number of aromatic nitrogens is 2. The second-order valence-corrected chi connectivity index (χ2v) is 5.60. The highest BCUT2D eigenvalue weighted by Crippen LogP contribution is 2.31. The van der Waals surface area contributed by atoms with Crippen molar-refractivity contribution >= 4 is 23.2 Å². The van der Waals surface area contributed by atoms with E-state index < -0.39 is 11.9 Å². The smallest absolute Gasteiger partial charge is 0.257 e. The molecule has 0 aliphatic carbocycles. The van der Waals surface area contributed by atoms with Crippen molar-refractivity contribution < 1.29 is 13.5 Å². The van der Waals surface area contributed by atoms with Crippen molar-refractivity contribution in [2.75, 3.05) is 0 Å². The predicted octanol–water partition coefficient (Wildman–Crippen LogP) is 5.32. The first-order valence-electron chi connectivity index (χ1n) is 6.74. The second kappa shape index (κ2) is 6.56. The topological polar surface area (TPSA) is 48.2 Å². The molecule has 1 heterocycles. The van der Waals surface area contributed by atoms with Gasteiger partial charge >= 0.3 is 0 Å². The summed E-state index contributed by atoms with van der Waals surface area (Å²) in [5.74, 6) is 0.115. The van der Waals surface area contributed by atoms with Crippen LogP contribution in [0.25, 0.3) is 11.5 Å². The van der Waals surface area contributed by atoms with Crippen LogP contribution in [0, 0.1) is 5.82 Å². The fraction of sp³-hybridized carbons (Fsp3) is 0.125. The first kappa shape index (κ1) is 15.8. The lowest BCUT2D eigenvalue weighted by Gasteiger charge is -2.11. The Balaban J connectivity index is 1.82. The van der Waals surface area contributed by atoms with Crippen LogP contribution in [-0.4, -0.2) is 10.2 Å². The van der Waals surface area contributed by atoms with Crippen molar-refractivity contribution in [2.24, 2.45) is 0 Å². The minimum atomic E-state index is -0.612. The third-order valence-corrected chi connectivity index (χ3v) is 3.64. The van der Waals surface area contributed by atoms with Crippen LogP contribution in [0.15, 0.2) is 46.9 Å². The molecule has 0 bridgehead atoms. The fourth-order valence-electron chi connectivity index (χ4n) is 1.95. The highest BCUT2D eigenvalue weighted by atomic mass is 35.5. The zero-order chi connectivity index (χ0) is 16.4. The number of halogens is 3. The molecule has 0 amide bonds. The number of para-hydroxylation sites is 1. The Hall–Kier alpha value is -2.11. The molecular weight excluding hydrogens is 342 g/mol. The Morgan fingerprint density at radius 1 is 1.13 bits per heavy atom. The largest absolute Gasteiger partial charge is 0.478 e. The third-order valence-electron chi connectivity index (χ3n) is 3.09. The molecule has 0 fully saturated rings. The number of ether oxygens (including phenoxy) is 1. The molecule has 0 N–H and O–H groups in total. The molecule has 3 aromatic rings. The van der Waals surface area contributed by atoms with Crippen molar-refractivity contribution in [3.8, 4) is 17.2 Å². The van der Waals surface area contributed by atoms with Gasteiger partial charge in [-0.05, 0) is 37.3 Å². The minimum absolute atomic E-state index is 0.115. The summed E-state index contributed by atoms with van der Waals surface area (Å²) in [6.07, 6.45) is -0.612. The van der Waals surface area contributed by atoms with Gasteiger partial charge in [-0.3, -0.25) is 0 Å². The maximum absolute atomic E-state index is 13.6. The van der Waals surface area contributed by atoms with Crippen molar-refractivity contribution in [2.45, 2.75) is 13.0 Å². The first-order chi connectivity index (χ1) is 11.0. The second-order valence-electron chi connectivity index (χ2n) is 4.76. The summed E-state index contributed by atoms with van der Waals surface area (Å²) in [4.78, 5) is 0. The van der Waals surface area contributed by atoms with E-state index in [4.69, 9.17) is 32.4 Å². The van der Waals surface area contributed by atoms with Gasteiger partial charge in [-0.15, -0.1) is 10.2 Å². The van der Waals surface area contributed by atoms with Crippen LogP contribution in [0.1, 0.15) is 18.9 Å². The number of benzene rings is 2. The van der Waals surface area contributed by atoms with Crippen LogP contribution < -0.4 is 4.74 Å². The molecule has 3 rings (SSSR count). The molecule has 4 nitrogen and oxygen atoms in total. The normalized spacial score (nSPS) is 12.2. The summed E-state index contributed by atoms with van der Waals surface area (Å²) in [5.41, 5.74) is 0.563. The van der Waals surface area contributed by atoms with Crippen molar-refractivity contribution in [1.29, 1.82) is 0 Å². The summed E-state index contributed by atoms with van der Waals surface area (Å²) in [6, 6.07) is 11.0. The highest BCUT2D eigenvalue weighted by molar-refractivity contribution is 6.36. The van der Waals surface area contributed by atoms with E-state index in [2.05, 4.69) is 10.2 Å². The number of hydrogen-bond acceptors (Lipinski definition) is 4. The van der Waals surface area contributed by atoms with Crippen molar-refractivity contribution in [3.05, 3.63) is 64.2 Å². The van der Waals surface area contributed by atoms with E-state index in [-0.39, 0.29) is 17.5 Å². The molecule has 118 valence electrons. The third kappa shape index (κ3) is 3.46. The SMILES string of the molecule is C[C@H](Oc1ccccc1F)c1nnc(-c2ccc(Cl)cc2Cl)o1. The van der Waals surface area contributed by atoms with Crippen LogP contribution in [0.4, 0.5) is 4.39 Å². The van der Waals surface area contributed by atoms with Crippen LogP contribution in [0.3, 0.4) is 0 Å². The van der Waals surface area contributed by atoms with Gasteiger partial charge in [0, 0.05) is 5.02 Å². The van der Waals surface area contributed by atoms with Gasteiger partial charge in [-0.2, -0.15) is 0 Å². The molecule has 0 saturated heterocycles. The molecule has 1 aromatic heterocycles. The number of nitrogens with zero attached hydrogens (tertiary/aromatic N) is 2. The van der Waals surface area contributed by atoms with Gasteiger partial charge in [0.1, 0.15) is 0 Å². The molecule has 0 saturated carbocycles. The van der Waals surface area contributed by atoms with E-state index in [9.17, 15) is 4.39 Å². The van der Waals surface area contributed by atoms with Crippen molar-refractivity contribution in [3.63, 3.8) is 0 Å². The van der Waals surface area contributed by atoms with Crippen LogP contribution in [-0.2, 0) is 0 Å². The van der Waals surface area contributed by atoms with Gasteiger partial charge < -0.3 is 9.15 Å². The summed E-state index contributed by atoms with van der Waals surface area (Å²) >= 11 is 12.0. The lowest BCUT2D eigenvalue weighted by molar-refractivity contribution is 0.182. The zero-order valence-electron chi connectivity index (χ0n) is 12.0. The molecule has 0 spiro atoms. The Bertz CT molecular complexity index is 838. The molecule has 0 aliphatic rings. The highest BCUT2D eigenvalue weighted by Gasteiger charge is 2.19. The summed E-state index contributed by atoms with van der Waals surface area (Å²) < 4.78 is 24.7. The first-order valence-corrected chi connectivity index (χ1v) is 7.50. The van der Waals surface area contributed by atoms with Gasteiger partial charge in [0.15, 0.2) is 17.7 Å².